The van der Waals surface area contributed by atoms with Crippen molar-refractivity contribution in [3.8, 4) is 5.75 Å². The van der Waals surface area contributed by atoms with Crippen molar-refractivity contribution in [1.29, 1.82) is 0 Å². The van der Waals surface area contributed by atoms with Crippen molar-refractivity contribution in [2.75, 3.05) is 0 Å². The number of rotatable bonds is 0. The van der Waals surface area contributed by atoms with Crippen LogP contribution >= 0.6 is 11.6 Å². The summed E-state index contributed by atoms with van der Waals surface area (Å²) < 4.78 is 43.0. The minimum Gasteiger partial charge on any atom is -0.426 e. The van der Waals surface area contributed by atoms with Gasteiger partial charge in [0.2, 0.25) is 0 Å². The van der Waals surface area contributed by atoms with Crippen molar-refractivity contribution in [1.82, 2.24) is 0 Å². The number of carbonyl (C=O) groups excluding carboxylic acids is 1. The summed E-state index contributed by atoms with van der Waals surface area (Å²) in [5, 5.41) is 9.69. The first-order chi connectivity index (χ1) is 7.74. The van der Waals surface area contributed by atoms with Gasteiger partial charge in [-0.25, -0.2) is 0 Å². The summed E-state index contributed by atoms with van der Waals surface area (Å²) in [4.78, 5) is 11.1. The number of aliphatic hydroxyl groups is 1. The average Bonchev–Trinajstić information content (AvgIpc) is 2.17. The lowest BCUT2D eigenvalue weighted by molar-refractivity contribution is -0.271. The molecule has 0 saturated carbocycles. The zero-order chi connectivity index (χ0) is 12.8. The summed E-state index contributed by atoms with van der Waals surface area (Å²) in [5.41, 5.74) is -3.79. The van der Waals surface area contributed by atoms with Crippen LogP contribution in [0.15, 0.2) is 18.2 Å². The highest BCUT2D eigenvalue weighted by Crippen LogP contribution is 2.48. The van der Waals surface area contributed by atoms with E-state index in [2.05, 4.69) is 4.74 Å². The zero-order valence-corrected chi connectivity index (χ0v) is 8.97. The van der Waals surface area contributed by atoms with E-state index < -0.39 is 29.7 Å². The maximum atomic E-state index is 12.8. The van der Waals surface area contributed by atoms with E-state index in [1.165, 1.54) is 6.07 Å². The van der Waals surface area contributed by atoms with Crippen LogP contribution in [0.3, 0.4) is 0 Å². The molecule has 7 heteroatoms. The van der Waals surface area contributed by atoms with Crippen LogP contribution in [-0.4, -0.2) is 17.3 Å². The lowest BCUT2D eigenvalue weighted by Gasteiger charge is -2.34. The number of benzene rings is 1. The summed E-state index contributed by atoms with van der Waals surface area (Å²) in [7, 11) is 0. The van der Waals surface area contributed by atoms with E-state index >= 15 is 0 Å². The molecule has 0 bridgehead atoms. The van der Waals surface area contributed by atoms with Crippen LogP contribution in [0.4, 0.5) is 13.2 Å². The van der Waals surface area contributed by atoms with E-state index in [-0.39, 0.29) is 10.8 Å². The molecule has 1 aliphatic rings. The van der Waals surface area contributed by atoms with Crippen molar-refractivity contribution >= 4 is 17.6 Å². The second-order valence-electron chi connectivity index (χ2n) is 3.65. The van der Waals surface area contributed by atoms with Crippen LogP contribution in [0.1, 0.15) is 12.0 Å². The largest absolute Gasteiger partial charge is 0.426 e. The van der Waals surface area contributed by atoms with Crippen molar-refractivity contribution in [3.63, 3.8) is 0 Å². The van der Waals surface area contributed by atoms with E-state index in [1.54, 1.807) is 0 Å². The molecule has 1 atom stereocenters. The van der Waals surface area contributed by atoms with Crippen LogP contribution in [-0.2, 0) is 10.4 Å². The second kappa shape index (κ2) is 3.61. The van der Waals surface area contributed by atoms with Crippen LogP contribution in [0.5, 0.6) is 5.75 Å². The fraction of sp³-hybridized carbons (Fsp3) is 0.300. The Balaban J connectivity index is 2.65. The van der Waals surface area contributed by atoms with E-state index in [4.69, 9.17) is 11.6 Å². The second-order valence-corrected chi connectivity index (χ2v) is 4.09. The number of ether oxygens (including phenoxy) is 1. The third-order valence-electron chi connectivity index (χ3n) is 2.48. The van der Waals surface area contributed by atoms with Crippen molar-refractivity contribution in [2.24, 2.45) is 0 Å². The highest BCUT2D eigenvalue weighted by atomic mass is 35.5. The predicted octanol–water partition coefficient (Wildman–Crippen LogP) is 2.40. The lowest BCUT2D eigenvalue weighted by Crippen LogP contribution is -2.47. The van der Waals surface area contributed by atoms with Crippen molar-refractivity contribution in [2.45, 2.75) is 18.2 Å². The summed E-state index contributed by atoms with van der Waals surface area (Å²) in [6.07, 6.45) is -6.16. The molecule has 0 aliphatic carbocycles. The Hall–Kier alpha value is -1.27. The van der Waals surface area contributed by atoms with E-state index in [1.807, 2.05) is 0 Å². The normalized spacial score (nSPS) is 24.2. The molecule has 0 spiro atoms. The summed E-state index contributed by atoms with van der Waals surface area (Å²) in [6.45, 7) is 0. The Bertz CT molecular complexity index is 486. The molecule has 3 nitrogen and oxygen atoms in total. The highest BCUT2D eigenvalue weighted by Gasteiger charge is 2.59. The van der Waals surface area contributed by atoms with Gasteiger partial charge in [-0.15, -0.1) is 0 Å². The van der Waals surface area contributed by atoms with Crippen molar-refractivity contribution in [3.05, 3.63) is 28.8 Å². The van der Waals surface area contributed by atoms with Crippen LogP contribution < -0.4 is 4.74 Å². The molecule has 0 amide bonds. The van der Waals surface area contributed by atoms with E-state index in [0.717, 1.165) is 12.1 Å². The van der Waals surface area contributed by atoms with Crippen molar-refractivity contribution < 1.29 is 27.8 Å². The topological polar surface area (TPSA) is 46.5 Å². The fourth-order valence-corrected chi connectivity index (χ4v) is 1.80. The Morgan fingerprint density at radius 3 is 2.65 bits per heavy atom. The first kappa shape index (κ1) is 12.2. The van der Waals surface area contributed by atoms with E-state index in [0.29, 0.717) is 0 Å². The van der Waals surface area contributed by atoms with Gasteiger partial charge in [-0.05, 0) is 18.2 Å². The molecule has 1 aromatic carbocycles. The predicted molar refractivity (Wildman–Crippen MR) is 51.7 cm³/mol. The van der Waals surface area contributed by atoms with Gasteiger partial charge in [-0.2, -0.15) is 13.2 Å². The first-order valence-corrected chi connectivity index (χ1v) is 4.92. The number of fused-ring (bicyclic) bond motifs is 1. The Labute approximate surface area is 98.8 Å². The minimum absolute atomic E-state index is 0.0179. The number of esters is 1. The molecule has 2 rings (SSSR count). The molecule has 1 N–H and O–H groups in total. The van der Waals surface area contributed by atoms with Gasteiger partial charge < -0.3 is 9.84 Å². The van der Waals surface area contributed by atoms with Gasteiger partial charge >= 0.3 is 12.1 Å². The molecule has 17 heavy (non-hydrogen) atoms. The number of halogens is 4. The fourth-order valence-electron chi connectivity index (χ4n) is 1.63. The number of hydrogen-bond donors (Lipinski definition) is 1. The number of hydrogen-bond acceptors (Lipinski definition) is 3. The monoisotopic (exact) mass is 266 g/mol. The lowest BCUT2D eigenvalue weighted by atomic mass is 9.87. The smallest absolute Gasteiger partial charge is 0.422 e. The summed E-state index contributed by atoms with van der Waals surface area (Å²) in [6, 6.07) is 3.33. The first-order valence-electron chi connectivity index (χ1n) is 4.54. The van der Waals surface area contributed by atoms with Gasteiger partial charge in [0, 0.05) is 10.6 Å². The molecule has 1 aromatic rings. The Morgan fingerprint density at radius 2 is 2.06 bits per heavy atom. The molecule has 1 heterocycles. The average molecular weight is 267 g/mol. The molecule has 0 fully saturated rings. The molecule has 0 saturated heterocycles. The number of carbonyl (C=O) groups is 1. The number of alkyl halides is 3. The minimum atomic E-state index is -4.98. The molecule has 0 radical (unpaired) electrons. The third kappa shape index (κ3) is 1.87. The van der Waals surface area contributed by atoms with E-state index in [9.17, 15) is 23.1 Å². The van der Waals surface area contributed by atoms with Gasteiger partial charge in [0.15, 0.2) is 5.60 Å². The molecule has 92 valence electrons. The summed E-state index contributed by atoms with van der Waals surface area (Å²) in [5.74, 6) is -1.47. The quantitative estimate of drug-likeness (QED) is 0.579. The van der Waals surface area contributed by atoms with Gasteiger partial charge in [0.25, 0.3) is 0 Å². The zero-order valence-electron chi connectivity index (χ0n) is 8.21. The third-order valence-corrected chi connectivity index (χ3v) is 2.72. The maximum absolute atomic E-state index is 12.8. The Kier molecular flexibility index (Phi) is 2.59. The maximum Gasteiger partial charge on any atom is 0.422 e. The SMILES string of the molecule is O=C1CC(O)(C(F)(F)F)c2cc(Cl)ccc2O1. The van der Waals surface area contributed by atoms with Gasteiger partial charge in [-0.1, -0.05) is 11.6 Å². The Morgan fingerprint density at radius 1 is 1.41 bits per heavy atom. The molecular weight excluding hydrogens is 261 g/mol. The highest BCUT2D eigenvalue weighted by molar-refractivity contribution is 6.30. The molecular formula is C10H6ClF3O3. The van der Waals surface area contributed by atoms with Crippen LogP contribution in [0, 0.1) is 0 Å². The van der Waals surface area contributed by atoms with Gasteiger partial charge in [0.05, 0.1) is 6.42 Å². The van der Waals surface area contributed by atoms with Crippen LogP contribution in [0.2, 0.25) is 5.02 Å². The standard InChI is InChI=1S/C10H6ClF3O3/c11-5-1-2-7-6(3-5)9(16,10(12,13)14)4-8(15)17-7/h1-3,16H,4H2. The van der Waals surface area contributed by atoms with Gasteiger partial charge in [-0.3, -0.25) is 4.79 Å². The molecule has 1 aliphatic heterocycles. The summed E-state index contributed by atoms with van der Waals surface area (Å²) >= 11 is 5.57. The molecule has 0 aromatic heterocycles. The molecule has 1 unspecified atom stereocenters. The van der Waals surface area contributed by atoms with Gasteiger partial charge in [0.1, 0.15) is 5.75 Å². The van der Waals surface area contributed by atoms with Crippen LogP contribution in [0.25, 0.3) is 0 Å².